The van der Waals surface area contributed by atoms with E-state index in [9.17, 15) is 0 Å². The summed E-state index contributed by atoms with van der Waals surface area (Å²) < 4.78 is 0. The minimum atomic E-state index is 0.614. The summed E-state index contributed by atoms with van der Waals surface area (Å²) in [5.41, 5.74) is 0. The average Bonchev–Trinajstić information content (AvgIpc) is 2.65. The Morgan fingerprint density at radius 2 is 2.14 bits per heavy atom. The number of hydrogen-bond acceptors (Lipinski definition) is 4. The summed E-state index contributed by atoms with van der Waals surface area (Å²) in [5, 5.41) is 3.57. The van der Waals surface area contributed by atoms with Crippen molar-refractivity contribution in [3.05, 3.63) is 10.5 Å². The van der Waals surface area contributed by atoms with Crippen LogP contribution < -0.4 is 4.90 Å². The Morgan fingerprint density at radius 3 is 2.64 bits per heavy atom. The van der Waals surface area contributed by atoms with Gasteiger partial charge in [0.15, 0.2) is 5.13 Å². The summed E-state index contributed by atoms with van der Waals surface area (Å²) in [6.07, 6.45) is 0. The van der Waals surface area contributed by atoms with Gasteiger partial charge in [-0.2, -0.15) is 0 Å². The van der Waals surface area contributed by atoms with Crippen molar-refractivity contribution in [1.29, 1.82) is 0 Å². The van der Waals surface area contributed by atoms with Gasteiger partial charge in [-0.25, -0.2) is 4.98 Å². The molecule has 1 saturated heterocycles. The molecule has 0 bridgehead atoms. The van der Waals surface area contributed by atoms with Crippen LogP contribution in [0.3, 0.4) is 0 Å². The van der Waals surface area contributed by atoms with Crippen LogP contribution in [0, 0.1) is 0 Å². The number of hydrogen-bond donors (Lipinski definition) is 0. The third-order valence-corrected chi connectivity index (χ3v) is 3.78. The molecule has 2 rings (SSSR count). The van der Waals surface area contributed by atoms with Gasteiger partial charge in [0, 0.05) is 31.6 Å². The molecule has 1 aliphatic heterocycles. The Labute approximate surface area is 93.3 Å². The van der Waals surface area contributed by atoms with Crippen LogP contribution in [0.2, 0.25) is 5.15 Å². The molecular weight excluding hydrogens is 218 g/mol. The Hall–Kier alpha value is -0.320. The highest BCUT2D eigenvalue weighted by molar-refractivity contribution is 7.14. The van der Waals surface area contributed by atoms with Crippen molar-refractivity contribution in [2.45, 2.75) is 6.92 Å². The van der Waals surface area contributed by atoms with Crippen molar-refractivity contribution in [2.24, 2.45) is 0 Å². The Balaban J connectivity index is 1.95. The van der Waals surface area contributed by atoms with E-state index in [1.807, 2.05) is 5.38 Å². The molecule has 78 valence electrons. The topological polar surface area (TPSA) is 19.4 Å². The first-order valence-corrected chi connectivity index (χ1v) is 6.13. The molecular formula is C9H14ClN3S. The van der Waals surface area contributed by atoms with Gasteiger partial charge in [0.05, 0.1) is 0 Å². The predicted octanol–water partition coefficient (Wildman–Crippen LogP) is 1.94. The van der Waals surface area contributed by atoms with E-state index in [1.54, 1.807) is 11.3 Å². The first-order valence-electron chi connectivity index (χ1n) is 4.88. The fourth-order valence-corrected chi connectivity index (χ4v) is 2.65. The molecule has 0 saturated carbocycles. The molecule has 0 unspecified atom stereocenters. The molecule has 1 aromatic rings. The van der Waals surface area contributed by atoms with E-state index in [4.69, 9.17) is 11.6 Å². The van der Waals surface area contributed by atoms with E-state index in [2.05, 4.69) is 21.7 Å². The highest BCUT2D eigenvalue weighted by Gasteiger charge is 2.17. The molecule has 0 N–H and O–H groups in total. The summed E-state index contributed by atoms with van der Waals surface area (Å²) in [6.45, 7) is 7.75. The lowest BCUT2D eigenvalue weighted by Crippen LogP contribution is -2.46. The SMILES string of the molecule is CCN1CCN(c2nc(Cl)cs2)CC1. The normalized spacial score (nSPS) is 18.9. The fourth-order valence-electron chi connectivity index (χ4n) is 1.65. The van der Waals surface area contributed by atoms with Crippen LogP contribution in [-0.2, 0) is 0 Å². The molecule has 0 atom stereocenters. The van der Waals surface area contributed by atoms with Crippen LogP contribution in [0.5, 0.6) is 0 Å². The van der Waals surface area contributed by atoms with Crippen LogP contribution >= 0.6 is 22.9 Å². The molecule has 0 aromatic carbocycles. The van der Waals surface area contributed by atoms with Crippen molar-refractivity contribution >= 4 is 28.1 Å². The third kappa shape index (κ3) is 2.19. The quantitative estimate of drug-likeness (QED) is 0.776. The number of likely N-dealkylation sites (N-methyl/N-ethyl adjacent to an activating group) is 1. The van der Waals surface area contributed by atoms with Crippen LogP contribution in [0.4, 0.5) is 5.13 Å². The van der Waals surface area contributed by atoms with Crippen LogP contribution in [0.15, 0.2) is 5.38 Å². The van der Waals surface area contributed by atoms with E-state index in [0.717, 1.165) is 37.9 Å². The lowest BCUT2D eigenvalue weighted by molar-refractivity contribution is 0.271. The zero-order valence-corrected chi connectivity index (χ0v) is 9.81. The number of piperazine rings is 1. The maximum atomic E-state index is 5.80. The van der Waals surface area contributed by atoms with E-state index in [-0.39, 0.29) is 0 Å². The van der Waals surface area contributed by atoms with Crippen molar-refractivity contribution in [2.75, 3.05) is 37.6 Å². The van der Waals surface area contributed by atoms with Crippen LogP contribution in [-0.4, -0.2) is 42.6 Å². The van der Waals surface area contributed by atoms with E-state index >= 15 is 0 Å². The molecule has 1 aromatic heterocycles. The van der Waals surface area contributed by atoms with Crippen molar-refractivity contribution in [3.8, 4) is 0 Å². The van der Waals surface area contributed by atoms with Gasteiger partial charge < -0.3 is 9.80 Å². The van der Waals surface area contributed by atoms with Gasteiger partial charge in [-0.15, -0.1) is 11.3 Å². The van der Waals surface area contributed by atoms with Crippen LogP contribution in [0.25, 0.3) is 0 Å². The fraction of sp³-hybridized carbons (Fsp3) is 0.667. The Morgan fingerprint density at radius 1 is 1.43 bits per heavy atom. The van der Waals surface area contributed by atoms with E-state index in [0.29, 0.717) is 5.15 Å². The summed E-state index contributed by atoms with van der Waals surface area (Å²) >= 11 is 7.43. The summed E-state index contributed by atoms with van der Waals surface area (Å²) in [6, 6.07) is 0. The van der Waals surface area contributed by atoms with E-state index < -0.39 is 0 Å². The number of rotatable bonds is 2. The Bertz CT molecular complexity index is 294. The molecule has 0 amide bonds. The van der Waals surface area contributed by atoms with Gasteiger partial charge in [-0.1, -0.05) is 18.5 Å². The number of anilines is 1. The van der Waals surface area contributed by atoms with Gasteiger partial charge in [0.2, 0.25) is 0 Å². The second kappa shape index (κ2) is 4.47. The summed E-state index contributed by atoms with van der Waals surface area (Å²) in [5.74, 6) is 0. The van der Waals surface area contributed by atoms with Crippen molar-refractivity contribution < 1.29 is 0 Å². The zero-order chi connectivity index (χ0) is 9.97. The summed E-state index contributed by atoms with van der Waals surface area (Å²) in [7, 11) is 0. The second-order valence-corrected chi connectivity index (χ2v) is 4.60. The largest absolute Gasteiger partial charge is 0.345 e. The minimum absolute atomic E-state index is 0.614. The maximum Gasteiger partial charge on any atom is 0.186 e. The number of halogens is 1. The second-order valence-electron chi connectivity index (χ2n) is 3.37. The highest BCUT2D eigenvalue weighted by Crippen LogP contribution is 2.23. The van der Waals surface area contributed by atoms with Gasteiger partial charge in [-0.3, -0.25) is 0 Å². The van der Waals surface area contributed by atoms with Crippen LogP contribution in [0.1, 0.15) is 6.92 Å². The average molecular weight is 232 g/mol. The smallest absolute Gasteiger partial charge is 0.186 e. The monoisotopic (exact) mass is 231 g/mol. The number of nitrogens with zero attached hydrogens (tertiary/aromatic N) is 3. The molecule has 1 fully saturated rings. The Kier molecular flexibility index (Phi) is 3.26. The number of aromatic nitrogens is 1. The van der Waals surface area contributed by atoms with Gasteiger partial charge in [-0.05, 0) is 6.54 Å². The first kappa shape index (κ1) is 10.2. The molecule has 14 heavy (non-hydrogen) atoms. The third-order valence-electron chi connectivity index (χ3n) is 2.55. The van der Waals surface area contributed by atoms with E-state index in [1.165, 1.54) is 0 Å². The molecule has 3 nitrogen and oxygen atoms in total. The first-order chi connectivity index (χ1) is 6.79. The van der Waals surface area contributed by atoms with Gasteiger partial charge >= 0.3 is 0 Å². The standard InChI is InChI=1S/C9H14ClN3S/c1-2-12-3-5-13(6-4-12)9-11-8(10)7-14-9/h7H,2-6H2,1H3. The molecule has 2 heterocycles. The van der Waals surface area contributed by atoms with Crippen molar-refractivity contribution in [1.82, 2.24) is 9.88 Å². The summed E-state index contributed by atoms with van der Waals surface area (Å²) in [4.78, 5) is 9.03. The highest BCUT2D eigenvalue weighted by atomic mass is 35.5. The zero-order valence-electron chi connectivity index (χ0n) is 8.24. The van der Waals surface area contributed by atoms with Gasteiger partial charge in [0.25, 0.3) is 0 Å². The predicted molar refractivity (Wildman–Crippen MR) is 61.5 cm³/mol. The molecule has 5 heteroatoms. The molecule has 0 radical (unpaired) electrons. The number of thiazole rings is 1. The lowest BCUT2D eigenvalue weighted by Gasteiger charge is -2.33. The van der Waals surface area contributed by atoms with Gasteiger partial charge in [0.1, 0.15) is 5.15 Å². The molecule has 0 spiro atoms. The lowest BCUT2D eigenvalue weighted by atomic mass is 10.3. The molecule has 0 aliphatic carbocycles. The molecule has 1 aliphatic rings. The minimum Gasteiger partial charge on any atom is -0.345 e. The maximum absolute atomic E-state index is 5.80. The van der Waals surface area contributed by atoms with Crippen molar-refractivity contribution in [3.63, 3.8) is 0 Å².